The summed E-state index contributed by atoms with van der Waals surface area (Å²) in [5.41, 5.74) is 1.38. The zero-order valence-corrected chi connectivity index (χ0v) is 14.6. The molecule has 132 valence electrons. The second-order valence-electron chi connectivity index (χ2n) is 5.84. The second-order valence-corrected chi connectivity index (χ2v) is 7.08. The maximum atomic E-state index is 13.7. The topological polar surface area (TPSA) is 76.0 Å². The van der Waals surface area contributed by atoms with Crippen LogP contribution < -0.4 is 10.6 Å². The number of thioether (sulfide) groups is 1. The predicted molar refractivity (Wildman–Crippen MR) is 93.3 cm³/mol. The first-order valence-electron chi connectivity index (χ1n) is 7.94. The molecular weight excluding hydrogens is 343 g/mol. The lowest BCUT2D eigenvalue weighted by atomic mass is 10.1. The summed E-state index contributed by atoms with van der Waals surface area (Å²) in [4.78, 5) is 24.5. The van der Waals surface area contributed by atoms with E-state index in [1.54, 1.807) is 36.1 Å². The van der Waals surface area contributed by atoms with Crippen molar-refractivity contribution in [3.63, 3.8) is 0 Å². The number of halogens is 1. The number of nitrogens with zero attached hydrogens (tertiary/aromatic N) is 2. The van der Waals surface area contributed by atoms with Gasteiger partial charge in [-0.15, -0.1) is 11.8 Å². The maximum Gasteiger partial charge on any atom is 0.243 e. The third kappa shape index (κ3) is 4.19. The van der Waals surface area contributed by atoms with Crippen LogP contribution in [0.25, 0.3) is 0 Å². The van der Waals surface area contributed by atoms with E-state index in [9.17, 15) is 14.0 Å². The molecule has 2 aromatic rings. The van der Waals surface area contributed by atoms with Gasteiger partial charge in [-0.2, -0.15) is 5.10 Å². The highest BCUT2D eigenvalue weighted by atomic mass is 32.2. The van der Waals surface area contributed by atoms with Crippen LogP contribution in [0.2, 0.25) is 0 Å². The standard InChI is InChI=1S/C17H19FN4O2S/c1-22-12(6-7-20-22)9-19-16(23)14-10-25-15(17(24)21-14)8-11-4-2-3-5-13(11)18/h2-7,14-15H,8-10H2,1H3,(H,19,23)(H,21,24). The number of amides is 2. The average molecular weight is 362 g/mol. The molecule has 0 saturated carbocycles. The molecule has 6 nitrogen and oxygen atoms in total. The van der Waals surface area contributed by atoms with Gasteiger partial charge in [0.25, 0.3) is 0 Å². The molecule has 2 atom stereocenters. The molecule has 0 spiro atoms. The van der Waals surface area contributed by atoms with Gasteiger partial charge in [0.15, 0.2) is 0 Å². The van der Waals surface area contributed by atoms with Crippen molar-refractivity contribution in [2.75, 3.05) is 5.75 Å². The lowest BCUT2D eigenvalue weighted by Crippen LogP contribution is -2.54. The van der Waals surface area contributed by atoms with E-state index in [-0.39, 0.29) is 17.6 Å². The largest absolute Gasteiger partial charge is 0.349 e. The number of hydrogen-bond acceptors (Lipinski definition) is 4. The monoisotopic (exact) mass is 362 g/mol. The van der Waals surface area contributed by atoms with Crippen LogP contribution in [0, 0.1) is 5.82 Å². The highest BCUT2D eigenvalue weighted by Gasteiger charge is 2.32. The Bertz CT molecular complexity index is 780. The number of rotatable bonds is 5. The van der Waals surface area contributed by atoms with Gasteiger partial charge in [-0.1, -0.05) is 18.2 Å². The molecule has 8 heteroatoms. The van der Waals surface area contributed by atoms with E-state index >= 15 is 0 Å². The molecule has 0 bridgehead atoms. The summed E-state index contributed by atoms with van der Waals surface area (Å²) in [6.07, 6.45) is 1.97. The molecule has 1 aliphatic rings. The Morgan fingerprint density at radius 3 is 2.92 bits per heavy atom. The summed E-state index contributed by atoms with van der Waals surface area (Å²) in [5, 5.41) is 9.18. The smallest absolute Gasteiger partial charge is 0.243 e. The fourth-order valence-electron chi connectivity index (χ4n) is 2.63. The highest BCUT2D eigenvalue weighted by molar-refractivity contribution is 8.00. The van der Waals surface area contributed by atoms with Gasteiger partial charge >= 0.3 is 0 Å². The van der Waals surface area contributed by atoms with E-state index in [1.165, 1.54) is 17.8 Å². The van der Waals surface area contributed by atoms with Gasteiger partial charge < -0.3 is 10.6 Å². The fourth-order valence-corrected chi connectivity index (χ4v) is 3.80. The minimum atomic E-state index is -0.581. The van der Waals surface area contributed by atoms with Crippen molar-refractivity contribution in [2.45, 2.75) is 24.3 Å². The molecule has 0 radical (unpaired) electrons. The summed E-state index contributed by atoms with van der Waals surface area (Å²) in [7, 11) is 1.80. The molecule has 1 fully saturated rings. The van der Waals surface area contributed by atoms with Crippen LogP contribution >= 0.6 is 11.8 Å². The van der Waals surface area contributed by atoms with Gasteiger partial charge in [-0.05, 0) is 24.1 Å². The molecule has 0 aliphatic carbocycles. The van der Waals surface area contributed by atoms with E-state index in [0.29, 0.717) is 24.3 Å². The quantitative estimate of drug-likeness (QED) is 0.833. The zero-order valence-electron chi connectivity index (χ0n) is 13.7. The number of aryl methyl sites for hydroxylation is 1. The van der Waals surface area contributed by atoms with Gasteiger partial charge in [0.1, 0.15) is 11.9 Å². The lowest BCUT2D eigenvalue weighted by Gasteiger charge is -2.28. The van der Waals surface area contributed by atoms with Crippen LogP contribution in [0.5, 0.6) is 0 Å². The van der Waals surface area contributed by atoms with Crippen molar-refractivity contribution in [2.24, 2.45) is 7.05 Å². The molecule has 2 N–H and O–H groups in total. The summed E-state index contributed by atoms with van der Waals surface area (Å²) in [6, 6.07) is 7.67. The molecule has 1 saturated heterocycles. The molecule has 1 aromatic heterocycles. The number of nitrogens with one attached hydrogen (secondary N) is 2. The number of hydrogen-bond donors (Lipinski definition) is 2. The average Bonchev–Trinajstić information content (AvgIpc) is 3.01. The van der Waals surface area contributed by atoms with Crippen molar-refractivity contribution in [1.82, 2.24) is 20.4 Å². The van der Waals surface area contributed by atoms with E-state index in [2.05, 4.69) is 15.7 Å². The lowest BCUT2D eigenvalue weighted by molar-refractivity contribution is -0.128. The summed E-state index contributed by atoms with van der Waals surface area (Å²) < 4.78 is 15.4. The number of carbonyl (C=O) groups excluding carboxylic acids is 2. The summed E-state index contributed by atoms with van der Waals surface area (Å²) in [5.74, 6) is -0.319. The molecule has 2 heterocycles. The van der Waals surface area contributed by atoms with Gasteiger partial charge in [0, 0.05) is 19.0 Å². The highest BCUT2D eigenvalue weighted by Crippen LogP contribution is 2.23. The minimum Gasteiger partial charge on any atom is -0.349 e. The number of aromatic nitrogens is 2. The Kier molecular flexibility index (Phi) is 5.37. The molecule has 2 amide bonds. The Morgan fingerprint density at radius 1 is 1.44 bits per heavy atom. The van der Waals surface area contributed by atoms with E-state index in [4.69, 9.17) is 0 Å². The van der Waals surface area contributed by atoms with Crippen molar-refractivity contribution in [1.29, 1.82) is 0 Å². The van der Waals surface area contributed by atoms with Gasteiger partial charge in [0.05, 0.1) is 17.5 Å². The fraction of sp³-hybridized carbons (Fsp3) is 0.353. The first-order chi connectivity index (χ1) is 12.0. The van der Waals surface area contributed by atoms with Crippen LogP contribution in [0.3, 0.4) is 0 Å². The Labute approximate surface area is 149 Å². The Balaban J connectivity index is 1.52. The van der Waals surface area contributed by atoms with Crippen LogP contribution in [0.1, 0.15) is 11.3 Å². The van der Waals surface area contributed by atoms with Crippen molar-refractivity contribution in [3.8, 4) is 0 Å². The van der Waals surface area contributed by atoms with Crippen LogP contribution in [-0.2, 0) is 29.6 Å². The molecule has 3 rings (SSSR count). The molecular formula is C17H19FN4O2S. The molecule has 25 heavy (non-hydrogen) atoms. The summed E-state index contributed by atoms with van der Waals surface area (Å²) in [6.45, 7) is 0.352. The first-order valence-corrected chi connectivity index (χ1v) is 8.99. The SMILES string of the molecule is Cn1nccc1CNC(=O)C1CSC(Cc2ccccc2F)C(=O)N1. The Morgan fingerprint density at radius 2 is 2.24 bits per heavy atom. The molecule has 1 aliphatic heterocycles. The third-order valence-electron chi connectivity index (χ3n) is 4.12. The third-order valence-corrected chi connectivity index (χ3v) is 5.43. The van der Waals surface area contributed by atoms with Crippen molar-refractivity contribution in [3.05, 3.63) is 53.6 Å². The molecule has 2 unspecified atom stereocenters. The van der Waals surface area contributed by atoms with E-state index in [0.717, 1.165) is 5.69 Å². The normalized spacial score (nSPS) is 20.2. The van der Waals surface area contributed by atoms with Crippen LogP contribution in [0.4, 0.5) is 4.39 Å². The van der Waals surface area contributed by atoms with Gasteiger partial charge in [-0.3, -0.25) is 14.3 Å². The van der Waals surface area contributed by atoms with Crippen LogP contribution in [-0.4, -0.2) is 38.6 Å². The van der Waals surface area contributed by atoms with Crippen LogP contribution in [0.15, 0.2) is 36.5 Å². The molecule has 1 aromatic carbocycles. The summed E-state index contributed by atoms with van der Waals surface area (Å²) >= 11 is 1.38. The number of carbonyl (C=O) groups is 2. The maximum absolute atomic E-state index is 13.7. The van der Waals surface area contributed by atoms with E-state index in [1.807, 2.05) is 6.07 Å². The van der Waals surface area contributed by atoms with Gasteiger partial charge in [0.2, 0.25) is 11.8 Å². The van der Waals surface area contributed by atoms with Crippen molar-refractivity contribution < 1.29 is 14.0 Å². The first kappa shape index (κ1) is 17.5. The Hall–Kier alpha value is -2.35. The number of benzene rings is 1. The van der Waals surface area contributed by atoms with Gasteiger partial charge in [-0.25, -0.2) is 4.39 Å². The predicted octanol–water partition coefficient (Wildman–Crippen LogP) is 1.02. The zero-order chi connectivity index (χ0) is 17.8. The van der Waals surface area contributed by atoms with Crippen molar-refractivity contribution >= 4 is 23.6 Å². The second kappa shape index (κ2) is 7.69. The minimum absolute atomic E-state index is 0.230. The van der Waals surface area contributed by atoms with E-state index < -0.39 is 11.3 Å².